The van der Waals surface area contributed by atoms with Gasteiger partial charge >= 0.3 is 0 Å². The highest BCUT2D eigenvalue weighted by atomic mass is 14.1. The van der Waals surface area contributed by atoms with Gasteiger partial charge in [0.05, 0.1) is 0 Å². The van der Waals surface area contributed by atoms with E-state index in [0.717, 1.165) is 6.42 Å². The molecule has 0 N–H and O–H groups in total. The average molecular weight is 519 g/mol. The lowest BCUT2D eigenvalue weighted by atomic mass is 9.92. The van der Waals surface area contributed by atoms with Gasteiger partial charge in [-0.25, -0.2) is 0 Å². The maximum atomic E-state index is 2.37. The molecule has 0 nitrogen and oxygen atoms in total. The molecule has 0 saturated heterocycles. The average Bonchev–Trinajstić information content (AvgIpc) is 3.03. The van der Waals surface area contributed by atoms with E-state index in [2.05, 4.69) is 146 Å². The van der Waals surface area contributed by atoms with Gasteiger partial charge in [-0.05, 0) is 93.0 Å². The van der Waals surface area contributed by atoms with Crippen LogP contribution in [-0.2, 0) is 6.42 Å². The Balaban J connectivity index is 1.11. The van der Waals surface area contributed by atoms with Crippen LogP contribution in [0, 0.1) is 0 Å². The zero-order valence-corrected chi connectivity index (χ0v) is 22.6. The standard InChI is InChI=1S/C41H26/c1-3-7-32-28(5-1)11-17-37-34-15-9-26(24-30(34)13-19-36(32)37)23-27-10-16-35-31(25-27)14-20-41-39(35)22-21-38-33-8-4-2-6-29(33)12-18-40(38)41/h1-22,24-25H,23H2. The lowest BCUT2D eigenvalue weighted by Gasteiger charge is -2.12. The van der Waals surface area contributed by atoms with Crippen molar-refractivity contribution in [2.75, 3.05) is 0 Å². The second-order valence-electron chi connectivity index (χ2n) is 11.3. The van der Waals surface area contributed by atoms with E-state index in [1.165, 1.54) is 86.5 Å². The molecule has 0 heterocycles. The van der Waals surface area contributed by atoms with Crippen LogP contribution in [0.1, 0.15) is 11.1 Å². The number of hydrogen-bond donors (Lipinski definition) is 0. The molecular formula is C41H26. The smallest absolute Gasteiger partial charge is 0.00253 e. The van der Waals surface area contributed by atoms with Crippen LogP contribution in [0.2, 0.25) is 0 Å². The minimum Gasteiger partial charge on any atom is -0.0616 e. The van der Waals surface area contributed by atoms with Gasteiger partial charge in [0, 0.05) is 0 Å². The molecule has 41 heavy (non-hydrogen) atoms. The van der Waals surface area contributed by atoms with Gasteiger partial charge in [-0.15, -0.1) is 0 Å². The molecule has 0 fully saturated rings. The molecule has 0 aromatic heterocycles. The Morgan fingerprint density at radius 3 is 1.02 bits per heavy atom. The second kappa shape index (κ2) is 8.65. The molecule has 0 heteroatoms. The van der Waals surface area contributed by atoms with Crippen LogP contribution >= 0.6 is 0 Å². The molecule has 0 unspecified atom stereocenters. The largest absolute Gasteiger partial charge is 0.0616 e. The summed E-state index contributed by atoms with van der Waals surface area (Å²) in [4.78, 5) is 0. The molecule has 0 saturated carbocycles. The monoisotopic (exact) mass is 518 g/mol. The van der Waals surface area contributed by atoms with Crippen molar-refractivity contribution in [2.24, 2.45) is 0 Å². The van der Waals surface area contributed by atoms with Crippen molar-refractivity contribution < 1.29 is 0 Å². The zero-order chi connectivity index (χ0) is 26.9. The molecule has 0 aliphatic carbocycles. The van der Waals surface area contributed by atoms with E-state index in [1.807, 2.05) is 0 Å². The first-order chi connectivity index (χ1) is 20.3. The molecule has 9 aromatic rings. The quantitative estimate of drug-likeness (QED) is 0.200. The van der Waals surface area contributed by atoms with E-state index in [1.54, 1.807) is 0 Å². The van der Waals surface area contributed by atoms with Crippen molar-refractivity contribution in [3.05, 3.63) is 157 Å². The Bertz CT molecular complexity index is 2500. The Morgan fingerprint density at radius 1 is 0.244 bits per heavy atom. The van der Waals surface area contributed by atoms with Gasteiger partial charge < -0.3 is 0 Å². The first-order valence-electron chi connectivity index (χ1n) is 14.4. The first-order valence-corrected chi connectivity index (χ1v) is 14.4. The third-order valence-electron chi connectivity index (χ3n) is 9.02. The van der Waals surface area contributed by atoms with Crippen LogP contribution in [0.5, 0.6) is 0 Å². The predicted octanol–water partition coefficient (Wildman–Crippen LogP) is 11.3. The van der Waals surface area contributed by atoms with E-state index in [4.69, 9.17) is 0 Å². The summed E-state index contributed by atoms with van der Waals surface area (Å²) in [6, 6.07) is 54.2. The summed E-state index contributed by atoms with van der Waals surface area (Å²) >= 11 is 0. The highest BCUT2D eigenvalue weighted by molar-refractivity contribution is 6.22. The second-order valence-corrected chi connectivity index (χ2v) is 11.3. The lowest BCUT2D eigenvalue weighted by Crippen LogP contribution is -1.90. The molecule has 0 amide bonds. The third-order valence-corrected chi connectivity index (χ3v) is 9.02. The SMILES string of the molecule is c1ccc2c(c1)ccc1c3ccc(Cc4ccc5c(ccc6c5ccc5c7ccccc7ccc56)c4)cc3ccc21. The predicted molar refractivity (Wildman–Crippen MR) is 178 cm³/mol. The molecule has 9 aromatic carbocycles. The van der Waals surface area contributed by atoms with Crippen LogP contribution < -0.4 is 0 Å². The zero-order valence-electron chi connectivity index (χ0n) is 22.6. The van der Waals surface area contributed by atoms with Gasteiger partial charge in [0.15, 0.2) is 0 Å². The summed E-state index contributed by atoms with van der Waals surface area (Å²) in [7, 11) is 0. The third kappa shape index (κ3) is 3.47. The molecule has 0 aliphatic heterocycles. The van der Waals surface area contributed by atoms with Crippen molar-refractivity contribution in [1.82, 2.24) is 0 Å². The maximum Gasteiger partial charge on any atom is -0.00253 e. The van der Waals surface area contributed by atoms with E-state index >= 15 is 0 Å². The molecule has 9 rings (SSSR count). The van der Waals surface area contributed by atoms with Crippen molar-refractivity contribution in [3.63, 3.8) is 0 Å². The van der Waals surface area contributed by atoms with Crippen molar-refractivity contribution >= 4 is 75.4 Å². The van der Waals surface area contributed by atoms with E-state index in [0.29, 0.717) is 0 Å². The normalized spacial score (nSPS) is 12.0. The van der Waals surface area contributed by atoms with Gasteiger partial charge in [-0.1, -0.05) is 146 Å². The minimum absolute atomic E-state index is 0.920. The Morgan fingerprint density at radius 2 is 0.561 bits per heavy atom. The number of fused-ring (bicyclic) bond motifs is 12. The summed E-state index contributed by atoms with van der Waals surface area (Å²) in [5.74, 6) is 0. The number of rotatable bonds is 2. The Kier molecular flexibility index (Phi) is 4.77. The number of hydrogen-bond acceptors (Lipinski definition) is 0. The molecule has 0 bridgehead atoms. The van der Waals surface area contributed by atoms with E-state index in [-0.39, 0.29) is 0 Å². The fourth-order valence-electron chi connectivity index (χ4n) is 7.03. The van der Waals surface area contributed by atoms with Crippen molar-refractivity contribution in [2.45, 2.75) is 6.42 Å². The van der Waals surface area contributed by atoms with Gasteiger partial charge in [-0.3, -0.25) is 0 Å². The fraction of sp³-hybridized carbons (Fsp3) is 0.0244. The van der Waals surface area contributed by atoms with Gasteiger partial charge in [0.25, 0.3) is 0 Å². The van der Waals surface area contributed by atoms with Crippen LogP contribution in [0.4, 0.5) is 0 Å². The first kappa shape index (κ1) is 22.6. The highest BCUT2D eigenvalue weighted by Crippen LogP contribution is 2.36. The van der Waals surface area contributed by atoms with E-state index in [9.17, 15) is 0 Å². The Hall–Kier alpha value is -5.20. The Labute approximate surface area is 238 Å². The molecular weight excluding hydrogens is 492 g/mol. The maximum absolute atomic E-state index is 2.37. The van der Waals surface area contributed by atoms with Gasteiger partial charge in [-0.2, -0.15) is 0 Å². The van der Waals surface area contributed by atoms with E-state index < -0.39 is 0 Å². The number of benzene rings is 9. The lowest BCUT2D eigenvalue weighted by molar-refractivity contribution is 1.21. The van der Waals surface area contributed by atoms with Crippen LogP contribution in [-0.4, -0.2) is 0 Å². The summed E-state index contributed by atoms with van der Waals surface area (Å²) in [6.45, 7) is 0. The molecule has 0 aliphatic rings. The van der Waals surface area contributed by atoms with Crippen LogP contribution in [0.15, 0.2) is 146 Å². The summed E-state index contributed by atoms with van der Waals surface area (Å²) in [5, 5.41) is 18.4. The van der Waals surface area contributed by atoms with Gasteiger partial charge in [0.2, 0.25) is 0 Å². The molecule has 0 radical (unpaired) electrons. The molecule has 0 spiro atoms. The summed E-state index contributed by atoms with van der Waals surface area (Å²) in [5.41, 5.74) is 2.69. The highest BCUT2D eigenvalue weighted by Gasteiger charge is 2.09. The minimum atomic E-state index is 0.920. The summed E-state index contributed by atoms with van der Waals surface area (Å²) in [6.07, 6.45) is 0.920. The van der Waals surface area contributed by atoms with Crippen LogP contribution in [0.25, 0.3) is 75.4 Å². The van der Waals surface area contributed by atoms with Crippen LogP contribution in [0.3, 0.4) is 0 Å². The van der Waals surface area contributed by atoms with Crippen molar-refractivity contribution in [3.8, 4) is 0 Å². The summed E-state index contributed by atoms with van der Waals surface area (Å²) < 4.78 is 0. The molecule has 0 atom stereocenters. The van der Waals surface area contributed by atoms with Gasteiger partial charge in [0.1, 0.15) is 0 Å². The van der Waals surface area contributed by atoms with Crippen molar-refractivity contribution in [1.29, 1.82) is 0 Å². The fourth-order valence-corrected chi connectivity index (χ4v) is 7.03. The topological polar surface area (TPSA) is 0 Å². The molecule has 190 valence electrons.